The van der Waals surface area contributed by atoms with E-state index < -0.39 is 0 Å². The van der Waals surface area contributed by atoms with Crippen molar-refractivity contribution in [3.63, 3.8) is 0 Å². The van der Waals surface area contributed by atoms with Crippen molar-refractivity contribution >= 4 is 0 Å². The van der Waals surface area contributed by atoms with E-state index in [0.717, 1.165) is 49.6 Å². The molecule has 3 nitrogen and oxygen atoms in total. The van der Waals surface area contributed by atoms with Crippen LogP contribution >= 0.6 is 0 Å². The minimum atomic E-state index is -0.187. The molecule has 1 aromatic rings. The van der Waals surface area contributed by atoms with Gasteiger partial charge in [0.15, 0.2) is 0 Å². The number of halogens is 1. The predicted molar refractivity (Wildman–Crippen MR) is 65.8 cm³/mol. The topological polar surface area (TPSA) is 24.5 Å². The number of nitrogens with zero attached hydrogens (tertiary/aromatic N) is 1. The van der Waals surface area contributed by atoms with Gasteiger partial charge in [-0.25, -0.2) is 4.39 Å². The Morgan fingerprint density at radius 1 is 1.35 bits per heavy atom. The lowest BCUT2D eigenvalue weighted by Gasteiger charge is -2.28. The molecule has 94 valence electrons. The molecule has 0 aromatic heterocycles. The maximum atomic E-state index is 13.4. The molecule has 0 bridgehead atoms. The van der Waals surface area contributed by atoms with Gasteiger partial charge in [0.25, 0.3) is 0 Å². The van der Waals surface area contributed by atoms with E-state index in [1.54, 1.807) is 13.2 Å². The standard InChI is InChI=1S/C13H19FN2O/c1-10-7-12(14)8-11(13(10)17-2)9-16-5-3-15-4-6-16/h7-8,15H,3-6,9H2,1-2H3. The molecule has 1 aliphatic rings. The smallest absolute Gasteiger partial charge is 0.126 e. The third kappa shape index (κ3) is 2.96. The highest BCUT2D eigenvalue weighted by Crippen LogP contribution is 2.26. The fraction of sp³-hybridized carbons (Fsp3) is 0.538. The Morgan fingerprint density at radius 3 is 2.71 bits per heavy atom. The molecular formula is C13H19FN2O. The fourth-order valence-electron chi connectivity index (χ4n) is 2.32. The van der Waals surface area contributed by atoms with Crippen LogP contribution in [0.5, 0.6) is 5.75 Å². The largest absolute Gasteiger partial charge is 0.496 e. The quantitative estimate of drug-likeness (QED) is 0.864. The van der Waals surface area contributed by atoms with E-state index in [-0.39, 0.29) is 5.82 Å². The van der Waals surface area contributed by atoms with Crippen LogP contribution < -0.4 is 10.1 Å². The summed E-state index contributed by atoms with van der Waals surface area (Å²) in [6, 6.07) is 3.09. The summed E-state index contributed by atoms with van der Waals surface area (Å²) >= 11 is 0. The Hall–Kier alpha value is -1.13. The molecule has 0 spiro atoms. The zero-order valence-electron chi connectivity index (χ0n) is 10.4. The normalized spacial score (nSPS) is 17.1. The van der Waals surface area contributed by atoms with Crippen LogP contribution in [0.2, 0.25) is 0 Å². The van der Waals surface area contributed by atoms with Gasteiger partial charge in [0.1, 0.15) is 11.6 Å². The molecule has 0 atom stereocenters. The van der Waals surface area contributed by atoms with E-state index in [0.29, 0.717) is 0 Å². The number of piperazine rings is 1. The van der Waals surface area contributed by atoms with Gasteiger partial charge in [-0.3, -0.25) is 4.90 Å². The van der Waals surface area contributed by atoms with Crippen molar-refractivity contribution in [3.05, 3.63) is 29.1 Å². The molecule has 17 heavy (non-hydrogen) atoms. The SMILES string of the molecule is COc1c(C)cc(F)cc1CN1CCNCC1. The van der Waals surface area contributed by atoms with Crippen molar-refractivity contribution in [2.45, 2.75) is 13.5 Å². The summed E-state index contributed by atoms with van der Waals surface area (Å²) < 4.78 is 18.8. The second-order valence-corrected chi connectivity index (χ2v) is 4.44. The van der Waals surface area contributed by atoms with Crippen LogP contribution in [0.4, 0.5) is 4.39 Å². The number of aryl methyl sites for hydroxylation is 1. The molecular weight excluding hydrogens is 219 g/mol. The first-order valence-electron chi connectivity index (χ1n) is 5.97. The maximum absolute atomic E-state index is 13.4. The zero-order valence-corrected chi connectivity index (χ0v) is 10.4. The Morgan fingerprint density at radius 2 is 2.06 bits per heavy atom. The summed E-state index contributed by atoms with van der Waals surface area (Å²) in [7, 11) is 1.64. The lowest BCUT2D eigenvalue weighted by atomic mass is 10.1. The zero-order chi connectivity index (χ0) is 12.3. The minimum Gasteiger partial charge on any atom is -0.496 e. The van der Waals surface area contributed by atoms with Gasteiger partial charge in [-0.05, 0) is 24.6 Å². The van der Waals surface area contributed by atoms with Crippen molar-refractivity contribution < 1.29 is 9.13 Å². The van der Waals surface area contributed by atoms with Gasteiger partial charge in [0.05, 0.1) is 7.11 Å². The number of benzene rings is 1. The third-order valence-corrected chi connectivity index (χ3v) is 3.12. The first-order chi connectivity index (χ1) is 8.20. The summed E-state index contributed by atoms with van der Waals surface area (Å²) in [6.45, 7) is 6.62. The molecule has 0 saturated carbocycles. The first-order valence-corrected chi connectivity index (χ1v) is 5.97. The summed E-state index contributed by atoms with van der Waals surface area (Å²) in [5.41, 5.74) is 1.80. The second-order valence-electron chi connectivity index (χ2n) is 4.44. The summed E-state index contributed by atoms with van der Waals surface area (Å²) in [5.74, 6) is 0.623. The number of nitrogens with one attached hydrogen (secondary N) is 1. The van der Waals surface area contributed by atoms with Crippen LogP contribution in [0.15, 0.2) is 12.1 Å². The molecule has 0 radical (unpaired) electrons. The van der Waals surface area contributed by atoms with Gasteiger partial charge in [-0.15, -0.1) is 0 Å². The molecule has 4 heteroatoms. The number of hydrogen-bond acceptors (Lipinski definition) is 3. The van der Waals surface area contributed by atoms with Gasteiger partial charge < -0.3 is 10.1 Å². The van der Waals surface area contributed by atoms with E-state index in [1.165, 1.54) is 6.07 Å². The Balaban J connectivity index is 2.18. The number of hydrogen-bond donors (Lipinski definition) is 1. The average Bonchev–Trinajstić information content (AvgIpc) is 2.30. The molecule has 0 unspecified atom stereocenters. The van der Waals surface area contributed by atoms with Crippen LogP contribution in [0.3, 0.4) is 0 Å². The van der Waals surface area contributed by atoms with E-state index in [1.807, 2.05) is 6.92 Å². The van der Waals surface area contributed by atoms with Crippen molar-refractivity contribution in [1.82, 2.24) is 10.2 Å². The van der Waals surface area contributed by atoms with Gasteiger partial charge in [0, 0.05) is 38.3 Å². The summed E-state index contributed by atoms with van der Waals surface area (Å²) in [4.78, 5) is 2.31. The lowest BCUT2D eigenvalue weighted by molar-refractivity contribution is 0.229. The van der Waals surface area contributed by atoms with Gasteiger partial charge in [-0.1, -0.05) is 0 Å². The minimum absolute atomic E-state index is 0.187. The molecule has 2 rings (SSSR count). The predicted octanol–water partition coefficient (Wildman–Crippen LogP) is 1.55. The molecule has 1 aromatic carbocycles. The summed E-state index contributed by atoms with van der Waals surface area (Å²) in [6.07, 6.45) is 0. The van der Waals surface area contributed by atoms with E-state index in [2.05, 4.69) is 10.2 Å². The Labute approximate surface area is 102 Å². The summed E-state index contributed by atoms with van der Waals surface area (Å²) in [5, 5.41) is 3.30. The first kappa shape index (κ1) is 12.3. The molecule has 1 saturated heterocycles. The molecule has 0 amide bonds. The van der Waals surface area contributed by atoms with E-state index >= 15 is 0 Å². The van der Waals surface area contributed by atoms with Crippen molar-refractivity contribution in [1.29, 1.82) is 0 Å². The van der Waals surface area contributed by atoms with Crippen LogP contribution in [-0.2, 0) is 6.54 Å². The van der Waals surface area contributed by atoms with Crippen molar-refractivity contribution in [2.24, 2.45) is 0 Å². The monoisotopic (exact) mass is 238 g/mol. The Kier molecular flexibility index (Phi) is 3.97. The Bertz CT molecular complexity index is 389. The number of ether oxygens (including phenoxy) is 1. The highest BCUT2D eigenvalue weighted by atomic mass is 19.1. The van der Waals surface area contributed by atoms with Gasteiger partial charge >= 0.3 is 0 Å². The van der Waals surface area contributed by atoms with Crippen molar-refractivity contribution in [3.8, 4) is 5.75 Å². The third-order valence-electron chi connectivity index (χ3n) is 3.12. The van der Waals surface area contributed by atoms with Crippen LogP contribution in [0, 0.1) is 12.7 Å². The number of rotatable bonds is 3. The second kappa shape index (κ2) is 5.47. The highest BCUT2D eigenvalue weighted by molar-refractivity contribution is 5.41. The van der Waals surface area contributed by atoms with E-state index in [9.17, 15) is 4.39 Å². The fourth-order valence-corrected chi connectivity index (χ4v) is 2.32. The van der Waals surface area contributed by atoms with Crippen molar-refractivity contribution in [2.75, 3.05) is 33.3 Å². The lowest BCUT2D eigenvalue weighted by Crippen LogP contribution is -2.42. The van der Waals surface area contributed by atoms with Crippen LogP contribution in [0.25, 0.3) is 0 Å². The van der Waals surface area contributed by atoms with Crippen LogP contribution in [-0.4, -0.2) is 38.2 Å². The maximum Gasteiger partial charge on any atom is 0.126 e. The van der Waals surface area contributed by atoms with Gasteiger partial charge in [-0.2, -0.15) is 0 Å². The molecule has 1 fully saturated rings. The average molecular weight is 238 g/mol. The van der Waals surface area contributed by atoms with Crippen LogP contribution in [0.1, 0.15) is 11.1 Å². The molecule has 1 aliphatic heterocycles. The number of methoxy groups -OCH3 is 1. The molecule has 1 N–H and O–H groups in total. The highest BCUT2D eigenvalue weighted by Gasteiger charge is 2.14. The molecule has 0 aliphatic carbocycles. The van der Waals surface area contributed by atoms with E-state index in [4.69, 9.17) is 4.74 Å². The molecule has 1 heterocycles. The van der Waals surface area contributed by atoms with Gasteiger partial charge in [0.2, 0.25) is 0 Å².